The Balaban J connectivity index is 2.80. The lowest BCUT2D eigenvalue weighted by Crippen LogP contribution is -2.43. The zero-order valence-electron chi connectivity index (χ0n) is 20.1. The highest BCUT2D eigenvalue weighted by atomic mass is 28.4. The van der Waals surface area contributed by atoms with Crippen molar-refractivity contribution >= 4 is 22.2 Å². The Morgan fingerprint density at radius 1 is 1.03 bits per heavy atom. The highest BCUT2D eigenvalue weighted by Gasteiger charge is 2.44. The highest BCUT2D eigenvalue weighted by Crippen LogP contribution is 2.50. The molecule has 0 saturated heterocycles. The quantitative estimate of drug-likeness (QED) is 0.351. The molecule has 5 heteroatoms. The summed E-state index contributed by atoms with van der Waals surface area (Å²) in [6, 6.07) is 6.27. The van der Waals surface area contributed by atoms with E-state index < -0.39 is 16.4 Å². The molecule has 0 saturated carbocycles. The number of hydrogen-bond acceptors (Lipinski definition) is 3. The van der Waals surface area contributed by atoms with Crippen molar-refractivity contribution in [3.8, 4) is 5.75 Å². The zero-order chi connectivity index (χ0) is 22.2. The second-order valence-corrected chi connectivity index (χ2v) is 20.4. The molecule has 1 aliphatic rings. The molecule has 29 heavy (non-hydrogen) atoms. The van der Waals surface area contributed by atoms with Crippen molar-refractivity contribution in [3.63, 3.8) is 0 Å². The largest absolute Gasteiger partial charge is 0.496 e. The SMILES string of the molecule is C=CC1CC([Si](C)(C)C)=C(OC)c2c(OC)cccc2C1O[Si](C)(C)C(C)(C)C. The van der Waals surface area contributed by atoms with Gasteiger partial charge in [-0.3, -0.25) is 0 Å². The number of benzene rings is 1. The molecule has 162 valence electrons. The second-order valence-electron chi connectivity index (χ2n) is 10.6. The molecule has 3 nitrogen and oxygen atoms in total. The first-order valence-corrected chi connectivity index (χ1v) is 16.9. The summed E-state index contributed by atoms with van der Waals surface area (Å²) in [5, 5.41) is 1.54. The van der Waals surface area contributed by atoms with Crippen LogP contribution in [0.2, 0.25) is 37.8 Å². The van der Waals surface area contributed by atoms with Crippen LogP contribution in [0.1, 0.15) is 44.4 Å². The minimum Gasteiger partial charge on any atom is -0.496 e. The van der Waals surface area contributed by atoms with Crippen LogP contribution in [-0.4, -0.2) is 30.6 Å². The van der Waals surface area contributed by atoms with E-state index in [2.05, 4.69) is 78.3 Å². The molecule has 2 unspecified atom stereocenters. The van der Waals surface area contributed by atoms with Crippen LogP contribution in [0.4, 0.5) is 0 Å². The molecule has 0 aliphatic heterocycles. The van der Waals surface area contributed by atoms with Crippen LogP contribution in [0.25, 0.3) is 5.76 Å². The van der Waals surface area contributed by atoms with Gasteiger partial charge in [0.2, 0.25) is 0 Å². The third kappa shape index (κ3) is 4.72. The molecule has 0 spiro atoms. The lowest BCUT2D eigenvalue weighted by atomic mass is 9.92. The Morgan fingerprint density at radius 3 is 2.10 bits per heavy atom. The standard InChI is InChI=1S/C24H40O3Si2/c1-12-17-16-20(28(7,8)9)23(26-6)21-18(14-13-15-19(21)25-5)22(17)27-29(10,11)24(2,3)4/h12-15,17,22H,1,16H2,2-11H3. The maximum atomic E-state index is 7.05. The van der Waals surface area contributed by atoms with Crippen molar-refractivity contribution in [3.05, 3.63) is 47.2 Å². The van der Waals surface area contributed by atoms with E-state index in [-0.39, 0.29) is 17.1 Å². The summed E-state index contributed by atoms with van der Waals surface area (Å²) < 4.78 is 18.9. The van der Waals surface area contributed by atoms with Gasteiger partial charge in [-0.1, -0.05) is 58.6 Å². The van der Waals surface area contributed by atoms with Gasteiger partial charge < -0.3 is 13.9 Å². The van der Waals surface area contributed by atoms with Crippen LogP contribution in [0.3, 0.4) is 0 Å². The molecule has 2 atom stereocenters. The topological polar surface area (TPSA) is 27.7 Å². The van der Waals surface area contributed by atoms with Gasteiger partial charge in [0.05, 0.1) is 34.0 Å². The molecular weight excluding hydrogens is 392 g/mol. The predicted molar refractivity (Wildman–Crippen MR) is 130 cm³/mol. The molecule has 0 bridgehead atoms. The summed E-state index contributed by atoms with van der Waals surface area (Å²) in [5.41, 5.74) is 2.21. The molecule has 0 heterocycles. The molecule has 1 aromatic rings. The highest BCUT2D eigenvalue weighted by molar-refractivity contribution is 6.84. The molecule has 0 fully saturated rings. The van der Waals surface area contributed by atoms with Crippen molar-refractivity contribution in [2.45, 2.75) is 71.1 Å². The molecular formula is C24H40O3Si2. The third-order valence-electron chi connectivity index (χ3n) is 6.55. The third-order valence-corrected chi connectivity index (χ3v) is 13.3. The summed E-state index contributed by atoms with van der Waals surface area (Å²) in [7, 11) is -0.144. The molecule has 1 aromatic carbocycles. The summed E-state index contributed by atoms with van der Waals surface area (Å²) in [6.45, 7) is 22.9. The van der Waals surface area contributed by atoms with Gasteiger partial charge in [0, 0.05) is 5.92 Å². The minimum atomic E-state index is -2.01. The van der Waals surface area contributed by atoms with Gasteiger partial charge in [-0.15, -0.1) is 6.58 Å². The summed E-state index contributed by atoms with van der Waals surface area (Å²) in [5.74, 6) is 2.03. The number of rotatable bonds is 6. The number of allylic oxidation sites excluding steroid dienone is 1. The maximum Gasteiger partial charge on any atom is 0.192 e. The van der Waals surface area contributed by atoms with Crippen molar-refractivity contribution in [1.29, 1.82) is 0 Å². The first-order chi connectivity index (χ1) is 13.3. The van der Waals surface area contributed by atoms with Crippen molar-refractivity contribution in [2.24, 2.45) is 5.92 Å². The minimum absolute atomic E-state index is 0.0579. The normalized spacial score (nSPS) is 20.8. The van der Waals surface area contributed by atoms with Crippen molar-refractivity contribution < 1.29 is 13.9 Å². The van der Waals surface area contributed by atoms with Crippen LogP contribution in [0.15, 0.2) is 36.1 Å². The average Bonchev–Trinajstić information content (AvgIpc) is 2.74. The summed E-state index contributed by atoms with van der Waals surface area (Å²) in [6.07, 6.45) is 2.94. The van der Waals surface area contributed by atoms with E-state index in [1.165, 1.54) is 5.20 Å². The van der Waals surface area contributed by atoms with Crippen molar-refractivity contribution in [1.82, 2.24) is 0 Å². The molecule has 0 aromatic heterocycles. The van der Waals surface area contributed by atoms with E-state index in [9.17, 15) is 0 Å². The number of fused-ring (bicyclic) bond motifs is 1. The van der Waals surface area contributed by atoms with Gasteiger partial charge in [0.15, 0.2) is 8.32 Å². The Hall–Kier alpha value is -1.31. The van der Waals surface area contributed by atoms with Crippen molar-refractivity contribution in [2.75, 3.05) is 14.2 Å². The van der Waals surface area contributed by atoms with E-state index >= 15 is 0 Å². The smallest absolute Gasteiger partial charge is 0.192 e. The molecule has 0 amide bonds. The number of ether oxygens (including phenoxy) is 2. The van der Waals surface area contributed by atoms with E-state index in [4.69, 9.17) is 13.9 Å². The van der Waals surface area contributed by atoms with Gasteiger partial charge >= 0.3 is 0 Å². The Morgan fingerprint density at radius 2 is 1.66 bits per heavy atom. The van der Waals surface area contributed by atoms with Crippen LogP contribution in [-0.2, 0) is 9.16 Å². The fourth-order valence-corrected chi connectivity index (χ4v) is 6.79. The number of methoxy groups -OCH3 is 2. The van der Waals surface area contributed by atoms with Gasteiger partial charge in [-0.05, 0) is 41.4 Å². The number of hydrogen-bond donors (Lipinski definition) is 0. The molecule has 0 N–H and O–H groups in total. The Labute approximate surface area is 180 Å². The lowest BCUT2D eigenvalue weighted by Gasteiger charge is -2.41. The first-order valence-electron chi connectivity index (χ1n) is 10.5. The van der Waals surface area contributed by atoms with Gasteiger partial charge in [0.1, 0.15) is 11.5 Å². The Bertz CT molecular complexity index is 782. The Kier molecular flexibility index (Phi) is 6.98. The van der Waals surface area contributed by atoms with E-state index in [1.807, 2.05) is 6.07 Å². The van der Waals surface area contributed by atoms with Crippen LogP contribution >= 0.6 is 0 Å². The summed E-state index contributed by atoms with van der Waals surface area (Å²) >= 11 is 0. The maximum absolute atomic E-state index is 7.05. The summed E-state index contributed by atoms with van der Waals surface area (Å²) in [4.78, 5) is 0. The van der Waals surface area contributed by atoms with Crippen LogP contribution < -0.4 is 4.74 Å². The second kappa shape index (κ2) is 8.44. The van der Waals surface area contributed by atoms with Gasteiger partial charge in [-0.25, -0.2) is 0 Å². The first kappa shape index (κ1) is 24.0. The van der Waals surface area contributed by atoms with E-state index in [0.717, 1.165) is 29.1 Å². The van der Waals surface area contributed by atoms with Crippen LogP contribution in [0.5, 0.6) is 5.75 Å². The fourth-order valence-electron chi connectivity index (χ4n) is 3.74. The van der Waals surface area contributed by atoms with Gasteiger partial charge in [0.25, 0.3) is 0 Å². The molecule has 2 rings (SSSR count). The lowest BCUT2D eigenvalue weighted by molar-refractivity contribution is 0.140. The zero-order valence-corrected chi connectivity index (χ0v) is 22.1. The fraction of sp³-hybridized carbons (Fsp3) is 0.583. The molecule has 1 aliphatic carbocycles. The monoisotopic (exact) mass is 432 g/mol. The van der Waals surface area contributed by atoms with Gasteiger partial charge in [-0.2, -0.15) is 0 Å². The van der Waals surface area contributed by atoms with E-state index in [1.54, 1.807) is 14.2 Å². The predicted octanol–water partition coefficient (Wildman–Crippen LogP) is 7.20. The molecule has 0 radical (unpaired) electrons. The van der Waals surface area contributed by atoms with Crippen LogP contribution in [0, 0.1) is 5.92 Å². The average molecular weight is 433 g/mol. The van der Waals surface area contributed by atoms with E-state index in [0.29, 0.717) is 0 Å².